The molecule has 3 fully saturated rings. The van der Waals surface area contributed by atoms with Crippen LogP contribution in [0.1, 0.15) is 64.7 Å². The van der Waals surface area contributed by atoms with Gasteiger partial charge < -0.3 is 0 Å². The minimum absolute atomic E-state index is 0.785. The summed E-state index contributed by atoms with van der Waals surface area (Å²) in [5, 5.41) is 0. The number of hydrogen-bond acceptors (Lipinski definition) is 0. The summed E-state index contributed by atoms with van der Waals surface area (Å²) in [6, 6.07) is 0. The molecule has 3 aliphatic carbocycles. The summed E-state index contributed by atoms with van der Waals surface area (Å²) in [5.41, 5.74) is 0.785. The van der Waals surface area contributed by atoms with Crippen molar-refractivity contribution in [3.63, 3.8) is 0 Å². The second-order valence-electron chi connectivity index (χ2n) is 6.58. The van der Waals surface area contributed by atoms with E-state index in [2.05, 4.69) is 6.92 Å². The Hall–Kier alpha value is 0. The molecule has 2 bridgehead atoms. The zero-order valence-electron chi connectivity index (χ0n) is 9.60. The Morgan fingerprint density at radius 3 is 2.50 bits per heavy atom. The molecule has 3 unspecified atom stereocenters. The van der Waals surface area contributed by atoms with Gasteiger partial charge in [-0.1, -0.05) is 32.6 Å². The number of hydrogen-bond donors (Lipinski definition) is 0. The highest BCUT2D eigenvalue weighted by Gasteiger charge is 2.48. The van der Waals surface area contributed by atoms with E-state index in [1.165, 1.54) is 12.8 Å². The minimum atomic E-state index is 0.785. The first-order chi connectivity index (χ1) is 6.76. The molecule has 3 rings (SSSR count). The molecule has 3 aliphatic rings. The highest BCUT2D eigenvalue weighted by molar-refractivity contribution is 4.99. The molecular formula is C14H24. The predicted molar refractivity (Wildman–Crippen MR) is 60.1 cm³/mol. The third-order valence-corrected chi connectivity index (χ3v) is 5.57. The van der Waals surface area contributed by atoms with Crippen molar-refractivity contribution < 1.29 is 0 Å². The van der Waals surface area contributed by atoms with Crippen LogP contribution in [0.4, 0.5) is 0 Å². The summed E-state index contributed by atoms with van der Waals surface area (Å²) < 4.78 is 0. The third-order valence-electron chi connectivity index (χ3n) is 5.57. The average molecular weight is 192 g/mol. The molecule has 14 heavy (non-hydrogen) atoms. The first-order valence-corrected chi connectivity index (χ1v) is 6.76. The first kappa shape index (κ1) is 9.24. The van der Waals surface area contributed by atoms with Gasteiger partial charge in [0, 0.05) is 0 Å². The highest BCUT2D eigenvalue weighted by atomic mass is 14.5. The monoisotopic (exact) mass is 192 g/mol. The Balaban J connectivity index is 1.63. The molecule has 0 aromatic rings. The van der Waals surface area contributed by atoms with Crippen molar-refractivity contribution in [2.24, 2.45) is 23.2 Å². The third kappa shape index (κ3) is 1.42. The quantitative estimate of drug-likeness (QED) is 0.608. The molecule has 3 atom stereocenters. The molecule has 0 aromatic heterocycles. The lowest BCUT2D eigenvalue weighted by molar-refractivity contribution is 0.173. The zero-order chi connectivity index (χ0) is 9.60. The van der Waals surface area contributed by atoms with Gasteiger partial charge in [-0.3, -0.25) is 0 Å². The molecule has 0 N–H and O–H groups in total. The molecular weight excluding hydrogens is 168 g/mol. The molecule has 0 radical (unpaired) electrons. The van der Waals surface area contributed by atoms with Crippen LogP contribution in [-0.2, 0) is 0 Å². The lowest BCUT2D eigenvalue weighted by atomic mass is 9.72. The van der Waals surface area contributed by atoms with E-state index >= 15 is 0 Å². The second kappa shape index (κ2) is 3.25. The summed E-state index contributed by atoms with van der Waals surface area (Å²) in [4.78, 5) is 0. The van der Waals surface area contributed by atoms with Crippen LogP contribution >= 0.6 is 0 Å². The second-order valence-corrected chi connectivity index (χ2v) is 6.58. The molecule has 0 aliphatic heterocycles. The van der Waals surface area contributed by atoms with Crippen LogP contribution in [0.2, 0.25) is 0 Å². The summed E-state index contributed by atoms with van der Waals surface area (Å²) in [6.45, 7) is 2.58. The van der Waals surface area contributed by atoms with Crippen molar-refractivity contribution in [1.82, 2.24) is 0 Å². The van der Waals surface area contributed by atoms with Gasteiger partial charge in [0.15, 0.2) is 0 Å². The van der Waals surface area contributed by atoms with E-state index < -0.39 is 0 Å². The van der Waals surface area contributed by atoms with Crippen molar-refractivity contribution in [2.45, 2.75) is 64.7 Å². The predicted octanol–water partition coefficient (Wildman–Crippen LogP) is 4.39. The highest BCUT2D eigenvalue weighted by Crippen LogP contribution is 2.59. The average Bonchev–Trinajstić information content (AvgIpc) is 2.80. The van der Waals surface area contributed by atoms with E-state index in [1.54, 1.807) is 44.9 Å². The summed E-state index contributed by atoms with van der Waals surface area (Å²) in [5.74, 6) is 3.37. The molecule has 0 heteroatoms. The van der Waals surface area contributed by atoms with Gasteiger partial charge in [-0.2, -0.15) is 0 Å². The van der Waals surface area contributed by atoms with Crippen LogP contribution in [0.15, 0.2) is 0 Å². The van der Waals surface area contributed by atoms with Gasteiger partial charge in [0.2, 0.25) is 0 Å². The van der Waals surface area contributed by atoms with Gasteiger partial charge in [-0.25, -0.2) is 0 Å². The van der Waals surface area contributed by atoms with Gasteiger partial charge in [-0.15, -0.1) is 0 Å². The van der Waals surface area contributed by atoms with Crippen molar-refractivity contribution in [2.75, 3.05) is 0 Å². The van der Waals surface area contributed by atoms with Crippen molar-refractivity contribution in [1.29, 1.82) is 0 Å². The Labute approximate surface area is 88.5 Å². The van der Waals surface area contributed by atoms with Gasteiger partial charge in [0.25, 0.3) is 0 Å². The topological polar surface area (TPSA) is 0 Å². The Morgan fingerprint density at radius 2 is 1.93 bits per heavy atom. The van der Waals surface area contributed by atoms with E-state index in [0.717, 1.165) is 23.2 Å². The SMILES string of the molecule is CC12CCC(CC1CC1CCCC1)C2. The molecule has 0 aromatic carbocycles. The largest absolute Gasteiger partial charge is 0.0594 e. The molecule has 0 heterocycles. The van der Waals surface area contributed by atoms with Crippen molar-refractivity contribution in [3.8, 4) is 0 Å². The maximum Gasteiger partial charge on any atom is -0.0295 e. The van der Waals surface area contributed by atoms with Gasteiger partial charge in [-0.05, 0) is 55.3 Å². The smallest absolute Gasteiger partial charge is 0.0295 e. The first-order valence-electron chi connectivity index (χ1n) is 6.76. The van der Waals surface area contributed by atoms with Crippen LogP contribution in [0.5, 0.6) is 0 Å². The van der Waals surface area contributed by atoms with Crippen LogP contribution < -0.4 is 0 Å². The fraction of sp³-hybridized carbons (Fsp3) is 1.00. The van der Waals surface area contributed by atoms with Crippen LogP contribution in [0.3, 0.4) is 0 Å². The van der Waals surface area contributed by atoms with E-state index in [-0.39, 0.29) is 0 Å². The Kier molecular flexibility index (Phi) is 2.15. The Bertz CT molecular complexity index is 214. The van der Waals surface area contributed by atoms with E-state index in [1.807, 2.05) is 0 Å². The van der Waals surface area contributed by atoms with Gasteiger partial charge in [0.1, 0.15) is 0 Å². The fourth-order valence-corrected chi connectivity index (χ4v) is 4.69. The summed E-state index contributed by atoms with van der Waals surface area (Å²) in [7, 11) is 0. The zero-order valence-corrected chi connectivity index (χ0v) is 9.60. The van der Waals surface area contributed by atoms with Crippen LogP contribution in [0.25, 0.3) is 0 Å². The van der Waals surface area contributed by atoms with Gasteiger partial charge in [0.05, 0.1) is 0 Å². The molecule has 80 valence electrons. The minimum Gasteiger partial charge on any atom is -0.0594 e. The number of fused-ring (bicyclic) bond motifs is 2. The molecule has 0 amide bonds. The molecule has 0 saturated heterocycles. The van der Waals surface area contributed by atoms with Crippen molar-refractivity contribution in [3.05, 3.63) is 0 Å². The standard InChI is InChI=1S/C14H24/c1-14-7-6-12(10-14)9-13(14)8-11-4-2-3-5-11/h11-13H,2-10H2,1H3. The summed E-state index contributed by atoms with van der Waals surface area (Å²) >= 11 is 0. The normalized spacial score (nSPS) is 47.8. The van der Waals surface area contributed by atoms with E-state index in [9.17, 15) is 0 Å². The lowest BCUT2D eigenvalue weighted by Crippen LogP contribution is -2.23. The molecule has 3 saturated carbocycles. The molecule has 0 spiro atoms. The lowest BCUT2D eigenvalue weighted by Gasteiger charge is -2.33. The van der Waals surface area contributed by atoms with E-state index in [4.69, 9.17) is 0 Å². The van der Waals surface area contributed by atoms with Crippen LogP contribution in [0, 0.1) is 23.2 Å². The Morgan fingerprint density at radius 1 is 1.14 bits per heavy atom. The molecule has 0 nitrogen and oxygen atoms in total. The number of rotatable bonds is 2. The maximum absolute atomic E-state index is 2.58. The maximum atomic E-state index is 2.58. The summed E-state index contributed by atoms with van der Waals surface area (Å²) in [6.07, 6.45) is 14.0. The van der Waals surface area contributed by atoms with Crippen LogP contribution in [-0.4, -0.2) is 0 Å². The van der Waals surface area contributed by atoms with Gasteiger partial charge >= 0.3 is 0 Å². The fourth-order valence-electron chi connectivity index (χ4n) is 4.69. The van der Waals surface area contributed by atoms with E-state index in [0.29, 0.717) is 0 Å². The van der Waals surface area contributed by atoms with Crippen molar-refractivity contribution >= 4 is 0 Å².